The molecule has 0 aromatic heterocycles. The van der Waals surface area contributed by atoms with Gasteiger partial charge in [0.15, 0.2) is 0 Å². The number of hydrogen-bond acceptors (Lipinski definition) is 6. The number of benzene rings is 1. The van der Waals surface area contributed by atoms with Gasteiger partial charge in [-0.15, -0.1) is 0 Å². The molecule has 27 heavy (non-hydrogen) atoms. The molecule has 8 heteroatoms. The van der Waals surface area contributed by atoms with E-state index >= 15 is 0 Å². The highest BCUT2D eigenvalue weighted by Crippen LogP contribution is 2.04. The van der Waals surface area contributed by atoms with Crippen molar-refractivity contribution >= 4 is 11.8 Å². The molecule has 0 bridgehead atoms. The summed E-state index contributed by atoms with van der Waals surface area (Å²) in [6.07, 6.45) is 1.61. The minimum atomic E-state index is -0.626. The molecule has 7 N–H and O–H groups in total. The van der Waals surface area contributed by atoms with Gasteiger partial charge in [-0.3, -0.25) is 9.59 Å². The number of rotatable bonds is 15. The first kappa shape index (κ1) is 23.0. The number of hydrogen-bond donors (Lipinski definition) is 5. The Bertz CT molecular complexity index is 527. The van der Waals surface area contributed by atoms with Gasteiger partial charge in [0.25, 0.3) is 0 Å². The molecule has 1 atom stereocenters. The first-order valence-corrected chi connectivity index (χ1v) is 9.47. The molecule has 0 unspecified atom stereocenters. The molecular formula is C19H33N5O3. The van der Waals surface area contributed by atoms with Crippen LogP contribution in [0.15, 0.2) is 30.3 Å². The van der Waals surface area contributed by atoms with Crippen molar-refractivity contribution in [1.82, 2.24) is 16.0 Å². The van der Waals surface area contributed by atoms with Crippen molar-refractivity contribution in [3.63, 3.8) is 0 Å². The molecule has 0 heterocycles. The molecule has 0 spiro atoms. The Morgan fingerprint density at radius 1 is 1.00 bits per heavy atom. The predicted molar refractivity (Wildman–Crippen MR) is 106 cm³/mol. The summed E-state index contributed by atoms with van der Waals surface area (Å²) in [5.41, 5.74) is 11.8. The van der Waals surface area contributed by atoms with E-state index in [1.54, 1.807) is 0 Å². The monoisotopic (exact) mass is 379 g/mol. The highest BCUT2D eigenvalue weighted by molar-refractivity contribution is 5.87. The average Bonchev–Trinajstić information content (AvgIpc) is 2.68. The second kappa shape index (κ2) is 15.1. The molecule has 0 aliphatic rings. The van der Waals surface area contributed by atoms with Gasteiger partial charge in [-0.05, 0) is 25.1 Å². The van der Waals surface area contributed by atoms with Crippen LogP contribution in [0.5, 0.6) is 0 Å². The Balaban J connectivity index is 2.49. The van der Waals surface area contributed by atoms with Crippen LogP contribution in [0.25, 0.3) is 0 Å². The smallest absolute Gasteiger partial charge is 0.243 e. The van der Waals surface area contributed by atoms with Gasteiger partial charge < -0.3 is 32.2 Å². The van der Waals surface area contributed by atoms with Crippen molar-refractivity contribution in [2.75, 3.05) is 45.9 Å². The molecule has 8 nitrogen and oxygen atoms in total. The zero-order chi connectivity index (χ0) is 19.7. The van der Waals surface area contributed by atoms with E-state index in [1.165, 1.54) is 0 Å². The molecular weight excluding hydrogens is 346 g/mol. The second-order valence-electron chi connectivity index (χ2n) is 6.14. The van der Waals surface area contributed by atoms with Gasteiger partial charge in [0, 0.05) is 32.5 Å². The lowest BCUT2D eigenvalue weighted by molar-refractivity contribution is -0.129. The van der Waals surface area contributed by atoms with E-state index < -0.39 is 6.04 Å². The molecule has 2 amide bonds. The Kier molecular flexibility index (Phi) is 12.9. The minimum Gasteiger partial charge on any atom is -0.378 e. The first-order valence-electron chi connectivity index (χ1n) is 9.47. The topological polar surface area (TPSA) is 132 Å². The minimum absolute atomic E-state index is 0.161. The molecule has 1 aromatic carbocycles. The fourth-order valence-electron chi connectivity index (χ4n) is 2.43. The van der Waals surface area contributed by atoms with E-state index in [0.29, 0.717) is 52.2 Å². The maximum Gasteiger partial charge on any atom is 0.243 e. The van der Waals surface area contributed by atoms with Crippen LogP contribution in [-0.4, -0.2) is 63.8 Å². The fourth-order valence-corrected chi connectivity index (χ4v) is 2.43. The normalized spacial score (nSPS) is 11.8. The largest absolute Gasteiger partial charge is 0.378 e. The Morgan fingerprint density at radius 3 is 2.48 bits per heavy atom. The number of carbonyl (C=O) groups excluding carboxylic acids is 2. The Labute approximate surface area is 161 Å². The van der Waals surface area contributed by atoms with Crippen LogP contribution in [-0.2, 0) is 20.7 Å². The summed E-state index contributed by atoms with van der Waals surface area (Å²) in [5, 5.41) is 8.79. The lowest BCUT2D eigenvalue weighted by Gasteiger charge is -2.19. The zero-order valence-electron chi connectivity index (χ0n) is 15.9. The molecule has 0 aliphatic carbocycles. The van der Waals surface area contributed by atoms with Crippen LogP contribution in [0.1, 0.15) is 18.4 Å². The van der Waals surface area contributed by atoms with E-state index in [1.807, 2.05) is 30.3 Å². The third-order valence-corrected chi connectivity index (χ3v) is 3.83. The molecule has 0 saturated carbocycles. The third-order valence-electron chi connectivity index (χ3n) is 3.83. The summed E-state index contributed by atoms with van der Waals surface area (Å²) in [4.78, 5) is 24.7. The van der Waals surface area contributed by atoms with Crippen LogP contribution in [0.2, 0.25) is 0 Å². The summed E-state index contributed by atoms with van der Waals surface area (Å²) < 4.78 is 5.25. The van der Waals surface area contributed by atoms with Gasteiger partial charge in [-0.25, -0.2) is 0 Å². The van der Waals surface area contributed by atoms with Gasteiger partial charge in [0.1, 0.15) is 6.04 Å². The maximum absolute atomic E-state index is 12.5. The lowest BCUT2D eigenvalue weighted by atomic mass is 10.0. The van der Waals surface area contributed by atoms with Gasteiger partial charge in [-0.2, -0.15) is 0 Å². The van der Waals surface area contributed by atoms with Gasteiger partial charge in [0.2, 0.25) is 11.8 Å². The van der Waals surface area contributed by atoms with Gasteiger partial charge in [-0.1, -0.05) is 30.3 Å². The van der Waals surface area contributed by atoms with Crippen LogP contribution in [0.4, 0.5) is 0 Å². The number of nitrogens with one attached hydrogen (secondary N) is 3. The number of carbonyl (C=O) groups is 2. The standard InChI is InChI=1S/C19H33N5O3/c20-8-4-10-22-11-7-18(25)24-17(15-16-5-2-1-3-6-16)19(26)23-12-14-27-13-9-21/h1-3,5-6,17,22H,4,7-15,20-21H2,(H,23,26)(H,24,25)/t17-/m0/s1. The van der Waals surface area contributed by atoms with Gasteiger partial charge >= 0.3 is 0 Å². The highest BCUT2D eigenvalue weighted by Gasteiger charge is 2.20. The maximum atomic E-state index is 12.5. The predicted octanol–water partition coefficient (Wildman–Crippen LogP) is -0.866. The first-order chi connectivity index (χ1) is 13.2. The van der Waals surface area contributed by atoms with Crippen LogP contribution < -0.4 is 27.4 Å². The van der Waals surface area contributed by atoms with Crippen molar-refractivity contribution in [1.29, 1.82) is 0 Å². The van der Waals surface area contributed by atoms with E-state index in [9.17, 15) is 9.59 Å². The van der Waals surface area contributed by atoms with E-state index in [0.717, 1.165) is 18.5 Å². The zero-order valence-corrected chi connectivity index (χ0v) is 15.9. The number of amides is 2. The van der Waals surface area contributed by atoms with Crippen molar-refractivity contribution in [2.24, 2.45) is 11.5 Å². The molecule has 152 valence electrons. The lowest BCUT2D eigenvalue weighted by Crippen LogP contribution is -2.49. The molecule has 1 aromatic rings. The summed E-state index contributed by atoms with van der Waals surface area (Å²) >= 11 is 0. The molecule has 0 radical (unpaired) electrons. The highest BCUT2D eigenvalue weighted by atomic mass is 16.5. The van der Waals surface area contributed by atoms with Crippen LogP contribution in [0, 0.1) is 0 Å². The molecule has 0 aliphatic heterocycles. The quantitative estimate of drug-likeness (QED) is 0.252. The number of ether oxygens (including phenoxy) is 1. The van der Waals surface area contributed by atoms with E-state index in [4.69, 9.17) is 16.2 Å². The summed E-state index contributed by atoms with van der Waals surface area (Å²) in [5.74, 6) is -0.384. The van der Waals surface area contributed by atoms with E-state index in [2.05, 4.69) is 16.0 Å². The van der Waals surface area contributed by atoms with Crippen molar-refractivity contribution in [3.05, 3.63) is 35.9 Å². The molecule has 0 saturated heterocycles. The second-order valence-corrected chi connectivity index (χ2v) is 6.14. The van der Waals surface area contributed by atoms with Gasteiger partial charge in [0.05, 0.1) is 13.2 Å². The molecule has 1 rings (SSSR count). The van der Waals surface area contributed by atoms with Crippen molar-refractivity contribution in [3.8, 4) is 0 Å². The Morgan fingerprint density at radius 2 is 1.78 bits per heavy atom. The summed E-state index contributed by atoms with van der Waals surface area (Å²) in [6, 6.07) is 8.98. The number of nitrogens with two attached hydrogens (primary N) is 2. The SMILES string of the molecule is NCCCNCCC(=O)N[C@@H](Cc1ccccc1)C(=O)NCCOCCN. The van der Waals surface area contributed by atoms with Crippen molar-refractivity contribution < 1.29 is 14.3 Å². The Hall–Kier alpha value is -2.00. The third kappa shape index (κ3) is 11.3. The van der Waals surface area contributed by atoms with E-state index in [-0.39, 0.29) is 11.8 Å². The summed E-state index contributed by atoms with van der Waals surface area (Å²) in [7, 11) is 0. The fraction of sp³-hybridized carbons (Fsp3) is 0.579. The van der Waals surface area contributed by atoms with Crippen LogP contribution in [0.3, 0.4) is 0 Å². The van der Waals surface area contributed by atoms with Crippen molar-refractivity contribution in [2.45, 2.75) is 25.3 Å². The summed E-state index contributed by atoms with van der Waals surface area (Å²) in [6.45, 7) is 3.62. The molecule has 0 fully saturated rings. The van der Waals surface area contributed by atoms with Crippen LogP contribution >= 0.6 is 0 Å². The average molecular weight is 380 g/mol.